The van der Waals surface area contributed by atoms with E-state index in [1.54, 1.807) is 0 Å². The van der Waals surface area contributed by atoms with E-state index in [1.807, 2.05) is 0 Å². The van der Waals surface area contributed by atoms with Crippen molar-refractivity contribution in [1.29, 1.82) is 0 Å². The molecule has 3 fully saturated rings. The number of halogens is 7. The molecule has 0 unspecified atom stereocenters. The molecule has 0 amide bonds. The first-order valence-electron chi connectivity index (χ1n) is 10.8. The highest BCUT2D eigenvalue weighted by molar-refractivity contribution is 5.42. The SMILES string of the molecule is O[C@@](Cn1cncn1)(c1ccc(F)cc1F)C(F)(F)C12CC(c3ccc(OCC(F)(F)F)nc3)(C1)C2. The molecular weight excluding hydrogens is 497 g/mol. The van der Waals surface area contributed by atoms with E-state index in [4.69, 9.17) is 0 Å². The van der Waals surface area contributed by atoms with E-state index < -0.39 is 58.9 Å². The maximum atomic E-state index is 16.1. The summed E-state index contributed by atoms with van der Waals surface area (Å²) in [5.41, 5.74) is -5.68. The van der Waals surface area contributed by atoms with Crippen LogP contribution in [0.3, 0.4) is 0 Å². The van der Waals surface area contributed by atoms with Crippen LogP contribution in [0.15, 0.2) is 49.2 Å². The molecule has 2 bridgehead atoms. The van der Waals surface area contributed by atoms with Crippen LogP contribution in [0.5, 0.6) is 5.88 Å². The summed E-state index contributed by atoms with van der Waals surface area (Å²) in [5, 5.41) is 15.1. The second-order valence-electron chi connectivity index (χ2n) is 9.53. The minimum Gasteiger partial charge on any atom is -0.468 e. The molecule has 0 spiro atoms. The summed E-state index contributed by atoms with van der Waals surface area (Å²) in [6, 6.07) is 4.72. The monoisotopic (exact) mass is 516 g/mol. The molecule has 0 aliphatic heterocycles. The van der Waals surface area contributed by atoms with E-state index in [2.05, 4.69) is 19.8 Å². The maximum absolute atomic E-state index is 16.1. The van der Waals surface area contributed by atoms with Crippen molar-refractivity contribution in [3.8, 4) is 5.88 Å². The zero-order chi connectivity index (χ0) is 26.0. The van der Waals surface area contributed by atoms with Crippen molar-refractivity contribution in [2.45, 2.75) is 48.9 Å². The van der Waals surface area contributed by atoms with Crippen LogP contribution in [0.2, 0.25) is 0 Å². The van der Waals surface area contributed by atoms with Crippen LogP contribution in [-0.4, -0.2) is 43.6 Å². The third-order valence-electron chi connectivity index (χ3n) is 7.18. The predicted molar refractivity (Wildman–Crippen MR) is 109 cm³/mol. The number of aromatic nitrogens is 4. The lowest BCUT2D eigenvalue weighted by molar-refractivity contribution is -0.347. The molecule has 3 saturated carbocycles. The standard InChI is InChI=1S/C23H19F7N4O2/c24-15-2-3-16(17(25)5-15)21(35,10-34-13-31-12-33-34)23(29,30)20-7-19(8-20,9-20)14-1-4-18(32-6-14)36-11-22(26,27)28/h1-6,12-13,35H,7-11H2/t19?,20?,21-/m0/s1. The number of pyridine rings is 1. The first kappa shape index (κ1) is 24.5. The molecule has 0 radical (unpaired) electrons. The van der Waals surface area contributed by atoms with E-state index in [1.165, 1.54) is 18.3 Å². The quantitative estimate of drug-likeness (QED) is 0.446. The van der Waals surface area contributed by atoms with E-state index in [9.17, 15) is 27.1 Å². The van der Waals surface area contributed by atoms with Gasteiger partial charge in [-0.3, -0.25) is 0 Å². The van der Waals surface area contributed by atoms with Gasteiger partial charge in [-0.25, -0.2) is 32.2 Å². The van der Waals surface area contributed by atoms with Crippen molar-refractivity contribution in [3.63, 3.8) is 0 Å². The molecule has 3 aliphatic carbocycles. The van der Waals surface area contributed by atoms with Crippen LogP contribution < -0.4 is 4.74 Å². The second-order valence-corrected chi connectivity index (χ2v) is 9.53. The zero-order valence-electron chi connectivity index (χ0n) is 18.4. The van der Waals surface area contributed by atoms with Gasteiger partial charge in [0.1, 0.15) is 24.3 Å². The highest BCUT2D eigenvalue weighted by Crippen LogP contribution is 2.80. The number of ether oxygens (including phenoxy) is 1. The van der Waals surface area contributed by atoms with E-state index >= 15 is 8.78 Å². The number of rotatable bonds is 8. The van der Waals surface area contributed by atoms with Crippen LogP contribution in [-0.2, 0) is 17.6 Å². The molecule has 6 rings (SSSR count). The van der Waals surface area contributed by atoms with Gasteiger partial charge in [0.2, 0.25) is 5.88 Å². The Bertz CT molecular complexity index is 1240. The largest absolute Gasteiger partial charge is 0.468 e. The van der Waals surface area contributed by atoms with E-state index in [0.29, 0.717) is 11.6 Å². The van der Waals surface area contributed by atoms with Gasteiger partial charge < -0.3 is 9.84 Å². The third-order valence-corrected chi connectivity index (χ3v) is 7.18. The number of aliphatic hydroxyl groups is 1. The number of alkyl halides is 5. The molecule has 6 nitrogen and oxygen atoms in total. The van der Waals surface area contributed by atoms with Gasteiger partial charge in [-0.15, -0.1) is 0 Å². The lowest BCUT2D eigenvalue weighted by Crippen LogP contribution is -2.76. The summed E-state index contributed by atoms with van der Waals surface area (Å²) in [7, 11) is 0. The summed E-state index contributed by atoms with van der Waals surface area (Å²) < 4.78 is 103. The summed E-state index contributed by atoms with van der Waals surface area (Å²) in [5.74, 6) is -6.42. The summed E-state index contributed by atoms with van der Waals surface area (Å²) in [6.45, 7) is -2.34. The molecule has 3 aromatic rings. The molecule has 2 heterocycles. The highest BCUT2D eigenvalue weighted by atomic mass is 19.4. The average Bonchev–Trinajstić information content (AvgIpc) is 3.23. The van der Waals surface area contributed by atoms with Crippen molar-refractivity contribution < 1.29 is 40.6 Å². The van der Waals surface area contributed by atoms with Crippen molar-refractivity contribution >= 4 is 0 Å². The van der Waals surface area contributed by atoms with Gasteiger partial charge in [0.25, 0.3) is 5.92 Å². The Morgan fingerprint density at radius 2 is 1.75 bits per heavy atom. The minimum atomic E-state index is -4.53. The normalized spacial score (nSPS) is 25.0. The van der Waals surface area contributed by atoms with Gasteiger partial charge in [-0.05, 0) is 42.4 Å². The maximum Gasteiger partial charge on any atom is 0.422 e. The Morgan fingerprint density at radius 1 is 1.03 bits per heavy atom. The lowest BCUT2D eigenvalue weighted by atomic mass is 9.30. The fourth-order valence-electron chi connectivity index (χ4n) is 5.53. The smallest absolute Gasteiger partial charge is 0.422 e. The molecule has 2 aromatic heterocycles. The summed E-state index contributed by atoms with van der Waals surface area (Å²) >= 11 is 0. The molecule has 3 aliphatic rings. The van der Waals surface area contributed by atoms with Crippen molar-refractivity contribution in [2.75, 3.05) is 6.61 Å². The fraction of sp³-hybridized carbons (Fsp3) is 0.435. The van der Waals surface area contributed by atoms with Crippen LogP contribution in [0.25, 0.3) is 0 Å². The molecule has 1 N–H and O–H groups in total. The van der Waals surface area contributed by atoms with Gasteiger partial charge in [-0.1, -0.05) is 6.07 Å². The highest BCUT2D eigenvalue weighted by Gasteiger charge is 2.82. The fourth-order valence-corrected chi connectivity index (χ4v) is 5.53. The van der Waals surface area contributed by atoms with Crippen LogP contribution in [0.1, 0.15) is 30.4 Å². The van der Waals surface area contributed by atoms with E-state index in [0.717, 1.165) is 29.5 Å². The molecule has 36 heavy (non-hydrogen) atoms. The number of benzene rings is 1. The predicted octanol–water partition coefficient (Wildman–Crippen LogP) is 4.54. The zero-order valence-corrected chi connectivity index (χ0v) is 18.4. The Morgan fingerprint density at radius 3 is 2.31 bits per heavy atom. The Kier molecular flexibility index (Phi) is 5.36. The van der Waals surface area contributed by atoms with Crippen LogP contribution in [0, 0.1) is 17.0 Å². The van der Waals surface area contributed by atoms with Gasteiger partial charge in [0.05, 0.1) is 6.54 Å². The molecule has 1 atom stereocenters. The summed E-state index contributed by atoms with van der Waals surface area (Å²) in [6.07, 6.45) is -1.28. The molecular formula is C23H19F7N4O2. The molecule has 0 saturated heterocycles. The van der Waals surface area contributed by atoms with Gasteiger partial charge in [-0.2, -0.15) is 18.3 Å². The number of hydrogen-bond acceptors (Lipinski definition) is 5. The lowest BCUT2D eigenvalue weighted by Gasteiger charge is -2.74. The van der Waals surface area contributed by atoms with Gasteiger partial charge in [0, 0.05) is 29.3 Å². The van der Waals surface area contributed by atoms with Crippen molar-refractivity contribution in [2.24, 2.45) is 5.41 Å². The topological polar surface area (TPSA) is 73.1 Å². The average molecular weight is 516 g/mol. The molecule has 192 valence electrons. The van der Waals surface area contributed by atoms with Crippen molar-refractivity contribution in [3.05, 3.63) is 71.9 Å². The molecule has 13 heteroatoms. The Hall–Kier alpha value is -3.22. The van der Waals surface area contributed by atoms with Gasteiger partial charge in [0.15, 0.2) is 12.2 Å². The van der Waals surface area contributed by atoms with Gasteiger partial charge >= 0.3 is 6.18 Å². The number of hydrogen-bond donors (Lipinski definition) is 1. The van der Waals surface area contributed by atoms with Crippen LogP contribution >= 0.6 is 0 Å². The van der Waals surface area contributed by atoms with E-state index in [-0.39, 0.29) is 25.1 Å². The second kappa shape index (κ2) is 7.89. The first-order valence-corrected chi connectivity index (χ1v) is 10.8. The Balaban J connectivity index is 1.39. The van der Waals surface area contributed by atoms with Crippen LogP contribution in [0.4, 0.5) is 30.7 Å². The Labute approximate surface area is 199 Å². The number of nitrogens with zero attached hydrogens (tertiary/aromatic N) is 4. The minimum absolute atomic E-state index is 0.0695. The first-order chi connectivity index (χ1) is 16.8. The van der Waals surface area contributed by atoms with Crippen molar-refractivity contribution in [1.82, 2.24) is 19.7 Å². The third kappa shape index (κ3) is 3.71. The summed E-state index contributed by atoms with van der Waals surface area (Å²) in [4.78, 5) is 7.51. The molecule has 1 aromatic carbocycles.